The third-order valence-electron chi connectivity index (χ3n) is 4.83. The third kappa shape index (κ3) is 3.19. The van der Waals surface area contributed by atoms with Crippen molar-refractivity contribution in [3.63, 3.8) is 0 Å². The van der Waals surface area contributed by atoms with E-state index in [9.17, 15) is 4.39 Å². The Kier molecular flexibility index (Phi) is 4.35. The highest BCUT2D eigenvalue weighted by molar-refractivity contribution is 7.15. The van der Waals surface area contributed by atoms with Crippen LogP contribution in [0.15, 0.2) is 42.9 Å². The summed E-state index contributed by atoms with van der Waals surface area (Å²) in [5, 5.41) is 5.17. The molecular weight excluding hydrogens is 389 g/mol. The second kappa shape index (κ2) is 7.04. The summed E-state index contributed by atoms with van der Waals surface area (Å²) < 4.78 is 21.4. The molecule has 5 rings (SSSR count). The summed E-state index contributed by atoms with van der Waals surface area (Å²) >= 11 is 1.62. The molecule has 29 heavy (non-hydrogen) atoms. The molecule has 4 heterocycles. The maximum absolute atomic E-state index is 13.6. The van der Waals surface area contributed by atoms with Crippen LogP contribution in [0, 0.1) is 5.95 Å². The van der Waals surface area contributed by atoms with Crippen molar-refractivity contribution < 1.29 is 9.13 Å². The summed E-state index contributed by atoms with van der Waals surface area (Å²) in [5.41, 5.74) is 3.46. The first-order valence-electron chi connectivity index (χ1n) is 9.39. The van der Waals surface area contributed by atoms with Crippen LogP contribution in [0.2, 0.25) is 0 Å². The minimum Gasteiger partial charge on any atom is -0.493 e. The summed E-state index contributed by atoms with van der Waals surface area (Å²) in [4.78, 5) is 14.1. The molecule has 0 saturated carbocycles. The zero-order valence-electron chi connectivity index (χ0n) is 16.0. The number of rotatable bonds is 3. The summed E-state index contributed by atoms with van der Waals surface area (Å²) in [5.74, 6) is 1.05. The SMILES string of the molecule is CC(C)n1ncnc1-c1nc2c(s1)CCOc1ccc(-c3ccnc(F)c3)cc1-2. The molecule has 1 aliphatic heterocycles. The molecule has 0 saturated heterocycles. The van der Waals surface area contributed by atoms with Crippen LogP contribution in [0.4, 0.5) is 4.39 Å². The Hall–Kier alpha value is -3.13. The maximum atomic E-state index is 13.6. The number of ether oxygens (including phenoxy) is 1. The number of aromatic nitrogens is 5. The average Bonchev–Trinajstić information content (AvgIpc) is 3.32. The van der Waals surface area contributed by atoms with Crippen LogP contribution in [0.1, 0.15) is 24.8 Å². The molecule has 146 valence electrons. The van der Waals surface area contributed by atoms with Crippen molar-refractivity contribution in [2.75, 3.05) is 6.61 Å². The number of hydrogen-bond acceptors (Lipinski definition) is 6. The molecule has 0 bridgehead atoms. The molecule has 0 amide bonds. The van der Waals surface area contributed by atoms with Gasteiger partial charge >= 0.3 is 0 Å². The zero-order valence-corrected chi connectivity index (χ0v) is 16.8. The minimum atomic E-state index is -0.502. The van der Waals surface area contributed by atoms with Gasteiger partial charge in [-0.15, -0.1) is 11.3 Å². The number of halogens is 1. The monoisotopic (exact) mass is 407 g/mol. The van der Waals surface area contributed by atoms with Crippen LogP contribution in [0.5, 0.6) is 5.75 Å². The molecule has 0 N–H and O–H groups in total. The highest BCUT2D eigenvalue weighted by Gasteiger charge is 2.24. The number of fused-ring (bicyclic) bond motifs is 3. The number of hydrogen-bond donors (Lipinski definition) is 0. The average molecular weight is 407 g/mol. The van der Waals surface area contributed by atoms with E-state index in [2.05, 4.69) is 28.9 Å². The van der Waals surface area contributed by atoms with Crippen molar-refractivity contribution in [3.8, 4) is 39.0 Å². The standard InChI is InChI=1S/C21H18FN5OS/c1-12(2)27-20(24-11-25-27)21-26-19-15-9-13(14-5-7-23-18(22)10-14)3-4-16(15)28-8-6-17(19)29-21/h3-5,7,9-12H,6,8H2,1-2H3. The Labute approximate surface area is 171 Å². The maximum Gasteiger partial charge on any atom is 0.213 e. The topological polar surface area (TPSA) is 65.7 Å². The number of nitrogens with zero attached hydrogens (tertiary/aromatic N) is 5. The van der Waals surface area contributed by atoms with Gasteiger partial charge in [-0.1, -0.05) is 6.07 Å². The molecule has 3 aromatic heterocycles. The largest absolute Gasteiger partial charge is 0.493 e. The molecular formula is C21H18FN5OS. The molecule has 1 aromatic carbocycles. The van der Waals surface area contributed by atoms with Crippen LogP contribution in [-0.4, -0.2) is 31.3 Å². The van der Waals surface area contributed by atoms with Gasteiger partial charge < -0.3 is 4.74 Å². The molecule has 0 unspecified atom stereocenters. The first-order valence-corrected chi connectivity index (χ1v) is 10.2. The molecule has 0 spiro atoms. The van der Waals surface area contributed by atoms with Gasteiger partial charge in [-0.2, -0.15) is 9.49 Å². The number of benzene rings is 1. The van der Waals surface area contributed by atoms with E-state index >= 15 is 0 Å². The van der Waals surface area contributed by atoms with Gasteiger partial charge in [-0.3, -0.25) is 0 Å². The lowest BCUT2D eigenvalue weighted by molar-refractivity contribution is 0.327. The normalized spacial score (nSPS) is 13.0. The van der Waals surface area contributed by atoms with E-state index in [4.69, 9.17) is 9.72 Å². The van der Waals surface area contributed by atoms with Gasteiger partial charge in [0.15, 0.2) is 10.8 Å². The fourth-order valence-electron chi connectivity index (χ4n) is 3.46. The molecule has 0 aliphatic carbocycles. The summed E-state index contributed by atoms with van der Waals surface area (Å²) in [6.45, 7) is 4.72. The summed E-state index contributed by atoms with van der Waals surface area (Å²) in [6.07, 6.45) is 3.81. The van der Waals surface area contributed by atoms with Gasteiger partial charge in [0.1, 0.15) is 12.1 Å². The fraction of sp³-hybridized carbons (Fsp3) is 0.238. The van der Waals surface area contributed by atoms with Crippen molar-refractivity contribution >= 4 is 11.3 Å². The molecule has 6 nitrogen and oxygen atoms in total. The van der Waals surface area contributed by atoms with E-state index in [0.29, 0.717) is 6.61 Å². The Morgan fingerprint density at radius 2 is 2.00 bits per heavy atom. The number of pyridine rings is 1. The first-order chi connectivity index (χ1) is 14.1. The van der Waals surface area contributed by atoms with E-state index in [1.807, 2.05) is 22.9 Å². The van der Waals surface area contributed by atoms with Gasteiger partial charge in [0.25, 0.3) is 0 Å². The second-order valence-corrected chi connectivity index (χ2v) is 8.17. The predicted molar refractivity (Wildman–Crippen MR) is 109 cm³/mol. The highest BCUT2D eigenvalue weighted by atomic mass is 32.1. The Bertz CT molecular complexity index is 1200. The van der Waals surface area contributed by atoms with Crippen molar-refractivity contribution in [1.82, 2.24) is 24.7 Å². The first kappa shape index (κ1) is 17.9. The van der Waals surface area contributed by atoms with Crippen molar-refractivity contribution in [3.05, 3.63) is 53.7 Å². The quantitative estimate of drug-likeness (QED) is 0.457. The minimum absolute atomic E-state index is 0.194. The Morgan fingerprint density at radius 3 is 2.83 bits per heavy atom. The second-order valence-electron chi connectivity index (χ2n) is 7.09. The van der Waals surface area contributed by atoms with E-state index < -0.39 is 5.95 Å². The van der Waals surface area contributed by atoms with Crippen LogP contribution < -0.4 is 4.74 Å². The number of thiazole rings is 1. The molecule has 4 aromatic rings. The Balaban J connectivity index is 1.64. The molecule has 8 heteroatoms. The summed E-state index contributed by atoms with van der Waals surface area (Å²) in [7, 11) is 0. The highest BCUT2D eigenvalue weighted by Crippen LogP contribution is 2.41. The molecule has 0 fully saturated rings. The van der Waals surface area contributed by atoms with Gasteiger partial charge in [0, 0.05) is 35.2 Å². The smallest absolute Gasteiger partial charge is 0.213 e. The zero-order chi connectivity index (χ0) is 20.0. The van der Waals surface area contributed by atoms with E-state index in [-0.39, 0.29) is 6.04 Å². The fourth-order valence-corrected chi connectivity index (χ4v) is 4.51. The van der Waals surface area contributed by atoms with E-state index in [1.54, 1.807) is 23.7 Å². The van der Waals surface area contributed by atoms with Gasteiger partial charge in [-0.05, 0) is 43.2 Å². The molecule has 0 radical (unpaired) electrons. The molecule has 1 aliphatic rings. The summed E-state index contributed by atoms with van der Waals surface area (Å²) in [6, 6.07) is 9.28. The van der Waals surface area contributed by atoms with Crippen LogP contribution in [-0.2, 0) is 6.42 Å². The van der Waals surface area contributed by atoms with Gasteiger partial charge in [0.2, 0.25) is 5.95 Å². The van der Waals surface area contributed by atoms with E-state index in [0.717, 1.165) is 50.3 Å². The third-order valence-corrected chi connectivity index (χ3v) is 5.94. The van der Waals surface area contributed by atoms with Gasteiger partial charge in [-0.25, -0.2) is 19.6 Å². The van der Waals surface area contributed by atoms with Gasteiger partial charge in [0.05, 0.1) is 12.3 Å². The van der Waals surface area contributed by atoms with Crippen LogP contribution in [0.25, 0.3) is 33.2 Å². The predicted octanol–water partition coefficient (Wildman–Crippen LogP) is 4.79. The van der Waals surface area contributed by atoms with Crippen LogP contribution >= 0.6 is 11.3 Å². The molecule has 0 atom stereocenters. The lowest BCUT2D eigenvalue weighted by atomic mass is 10.0. The lowest BCUT2D eigenvalue weighted by Crippen LogP contribution is -2.04. The lowest BCUT2D eigenvalue weighted by Gasteiger charge is -2.10. The Morgan fingerprint density at radius 1 is 1.14 bits per heavy atom. The van der Waals surface area contributed by atoms with Crippen molar-refractivity contribution in [1.29, 1.82) is 0 Å². The van der Waals surface area contributed by atoms with Crippen LogP contribution in [0.3, 0.4) is 0 Å². The van der Waals surface area contributed by atoms with E-state index in [1.165, 1.54) is 12.3 Å². The van der Waals surface area contributed by atoms with Crippen molar-refractivity contribution in [2.45, 2.75) is 26.3 Å². The van der Waals surface area contributed by atoms with Crippen molar-refractivity contribution in [2.24, 2.45) is 0 Å².